The van der Waals surface area contributed by atoms with Crippen LogP contribution in [-0.4, -0.2) is 44.0 Å². The van der Waals surface area contributed by atoms with Crippen LogP contribution in [0.3, 0.4) is 0 Å². The number of hydrogen-bond donors (Lipinski definition) is 0. The van der Waals surface area contributed by atoms with Crippen LogP contribution in [0.25, 0.3) is 88.9 Å². The minimum atomic E-state index is 0.560. The first-order valence-corrected chi connectivity index (χ1v) is 18.3. The average Bonchev–Trinajstić information content (AvgIpc) is 3.72. The van der Waals surface area contributed by atoms with Crippen molar-refractivity contribution in [1.29, 1.82) is 5.26 Å². The molecule has 5 aromatic heterocycles. The Hall–Kier alpha value is -7.64. The monoisotopic (exact) mass is 724 g/mol. The van der Waals surface area contributed by atoms with E-state index < -0.39 is 0 Å². The van der Waals surface area contributed by atoms with Crippen LogP contribution >= 0.6 is 0 Å². The molecule has 0 fully saturated rings. The van der Waals surface area contributed by atoms with Gasteiger partial charge in [-0.25, -0.2) is 29.9 Å². The highest BCUT2D eigenvalue weighted by Crippen LogP contribution is 2.42. The lowest BCUT2D eigenvalue weighted by Crippen LogP contribution is -2.03. The van der Waals surface area contributed by atoms with Crippen LogP contribution in [0.4, 0.5) is 0 Å². The van der Waals surface area contributed by atoms with E-state index in [4.69, 9.17) is 0 Å². The van der Waals surface area contributed by atoms with E-state index in [2.05, 4.69) is 135 Å². The van der Waals surface area contributed by atoms with Crippen LogP contribution in [-0.2, 0) is 0 Å². The predicted octanol–water partition coefficient (Wildman–Crippen LogP) is 9.75. The van der Waals surface area contributed by atoms with Crippen molar-refractivity contribution in [2.24, 2.45) is 0 Å². The van der Waals surface area contributed by atoms with Gasteiger partial charge in [0.15, 0.2) is 11.6 Å². The maximum atomic E-state index is 10.2. The third-order valence-electron chi connectivity index (χ3n) is 10.3. The second-order valence-electron chi connectivity index (χ2n) is 13.9. The van der Waals surface area contributed by atoms with Gasteiger partial charge in [0.2, 0.25) is 0 Å². The summed E-state index contributed by atoms with van der Waals surface area (Å²) >= 11 is 0. The number of nitrogens with zero attached hydrogens (tertiary/aromatic N) is 10. The fraction of sp³-hybridized carbons (Fsp3) is 0.0870. The van der Waals surface area contributed by atoms with Gasteiger partial charge in [0.25, 0.3) is 0 Å². The zero-order valence-electron chi connectivity index (χ0n) is 31.0. The van der Waals surface area contributed by atoms with Crippen molar-refractivity contribution in [3.05, 3.63) is 150 Å². The molecule has 0 unspecified atom stereocenters. The molecule has 10 nitrogen and oxygen atoms in total. The Morgan fingerprint density at radius 3 is 1.50 bits per heavy atom. The van der Waals surface area contributed by atoms with E-state index in [0.717, 1.165) is 77.2 Å². The van der Waals surface area contributed by atoms with Crippen molar-refractivity contribution >= 4 is 43.6 Å². The zero-order valence-corrected chi connectivity index (χ0v) is 31.0. The van der Waals surface area contributed by atoms with Gasteiger partial charge in [0, 0.05) is 50.0 Å². The van der Waals surface area contributed by atoms with E-state index in [-0.39, 0.29) is 0 Å². The van der Waals surface area contributed by atoms with Gasteiger partial charge in [-0.3, -0.25) is 4.98 Å². The lowest BCUT2D eigenvalue weighted by Gasteiger charge is -2.18. The Kier molecular flexibility index (Phi) is 7.50. The fourth-order valence-corrected chi connectivity index (χ4v) is 8.04. The summed E-state index contributed by atoms with van der Waals surface area (Å²) in [4.78, 5) is 32.1. The first-order valence-electron chi connectivity index (χ1n) is 18.3. The maximum Gasteiger partial charge on any atom is 0.163 e. The number of aryl methyl sites for hydroxylation is 4. The molecule has 0 amide bonds. The standard InChI is InChI=1S/C46H32N10/c1-26-49-27(2)52-45(51-26)31-14-17-42-37(22-31)33-9-5-7-11-39(33)55(42)41-16-13-30(24-47)21-36(41)35-19-20-48-25-44(35)56-40-12-8-6-10-34(40)38-23-32(15-18-43(38)56)46-53-28(3)50-29(4)54-46/h5-23,25H,1-4H3. The van der Waals surface area contributed by atoms with Gasteiger partial charge in [-0.2, -0.15) is 5.26 Å². The summed E-state index contributed by atoms with van der Waals surface area (Å²) in [6.45, 7) is 7.55. The summed E-state index contributed by atoms with van der Waals surface area (Å²) in [5.41, 5.74) is 10.1. The summed E-state index contributed by atoms with van der Waals surface area (Å²) in [5, 5.41) is 14.6. The van der Waals surface area contributed by atoms with E-state index in [1.807, 2.05) is 64.4 Å². The Balaban J connectivity index is 1.22. The minimum Gasteiger partial charge on any atom is -0.309 e. The van der Waals surface area contributed by atoms with Crippen LogP contribution in [0.5, 0.6) is 0 Å². The van der Waals surface area contributed by atoms with Crippen LogP contribution in [0.2, 0.25) is 0 Å². The van der Waals surface area contributed by atoms with Crippen molar-refractivity contribution < 1.29 is 0 Å². The van der Waals surface area contributed by atoms with E-state index in [9.17, 15) is 5.26 Å². The molecule has 0 saturated heterocycles. The van der Waals surface area contributed by atoms with Crippen LogP contribution < -0.4 is 0 Å². The van der Waals surface area contributed by atoms with Gasteiger partial charge in [-0.1, -0.05) is 36.4 Å². The molecule has 10 rings (SSSR count). The number of fused-ring (bicyclic) bond motifs is 6. The van der Waals surface area contributed by atoms with Gasteiger partial charge < -0.3 is 9.13 Å². The summed E-state index contributed by atoms with van der Waals surface area (Å²) < 4.78 is 4.55. The van der Waals surface area contributed by atoms with Crippen molar-refractivity contribution in [1.82, 2.24) is 44.0 Å². The van der Waals surface area contributed by atoms with Gasteiger partial charge in [0.05, 0.1) is 51.3 Å². The predicted molar refractivity (Wildman–Crippen MR) is 220 cm³/mol. The quantitative estimate of drug-likeness (QED) is 0.172. The molecule has 0 aliphatic rings. The van der Waals surface area contributed by atoms with Crippen LogP contribution in [0, 0.1) is 39.0 Å². The number of pyridine rings is 1. The van der Waals surface area contributed by atoms with E-state index in [1.54, 1.807) is 0 Å². The molecule has 5 aromatic carbocycles. The van der Waals surface area contributed by atoms with E-state index in [0.29, 0.717) is 40.5 Å². The number of rotatable bonds is 5. The molecule has 0 saturated carbocycles. The molecule has 0 radical (unpaired) electrons. The second kappa shape index (κ2) is 12.7. The zero-order chi connectivity index (χ0) is 38.1. The number of nitriles is 1. The first kappa shape index (κ1) is 33.0. The summed E-state index contributed by atoms with van der Waals surface area (Å²) in [5.74, 6) is 4.02. The molecule has 266 valence electrons. The molecule has 0 atom stereocenters. The van der Waals surface area contributed by atoms with Gasteiger partial charge >= 0.3 is 0 Å². The summed E-state index contributed by atoms with van der Waals surface area (Å²) in [6, 6.07) is 39.9. The fourth-order valence-electron chi connectivity index (χ4n) is 8.04. The molecule has 0 bridgehead atoms. The first-order chi connectivity index (χ1) is 27.3. The van der Waals surface area contributed by atoms with Crippen molar-refractivity contribution in [2.75, 3.05) is 0 Å². The highest BCUT2D eigenvalue weighted by Gasteiger charge is 2.22. The van der Waals surface area contributed by atoms with E-state index >= 15 is 0 Å². The van der Waals surface area contributed by atoms with Gasteiger partial charge in [-0.15, -0.1) is 0 Å². The highest BCUT2D eigenvalue weighted by molar-refractivity contribution is 6.12. The molecular formula is C46H32N10. The molecular weight excluding hydrogens is 693 g/mol. The number of hydrogen-bond acceptors (Lipinski definition) is 8. The Morgan fingerprint density at radius 2 is 0.964 bits per heavy atom. The summed E-state index contributed by atoms with van der Waals surface area (Å²) in [6.07, 6.45) is 3.73. The lowest BCUT2D eigenvalue weighted by molar-refractivity contribution is 0.928. The Labute approximate surface area is 321 Å². The number of benzene rings is 5. The van der Waals surface area contributed by atoms with Crippen LogP contribution in [0.15, 0.2) is 122 Å². The highest BCUT2D eigenvalue weighted by atomic mass is 15.0. The lowest BCUT2D eigenvalue weighted by atomic mass is 10.00. The normalized spacial score (nSPS) is 11.6. The maximum absolute atomic E-state index is 10.2. The average molecular weight is 725 g/mol. The van der Waals surface area contributed by atoms with Crippen molar-refractivity contribution in [3.8, 4) is 51.3 Å². The number of para-hydroxylation sites is 2. The second-order valence-corrected chi connectivity index (χ2v) is 13.9. The molecule has 0 aliphatic carbocycles. The van der Waals surface area contributed by atoms with E-state index in [1.165, 1.54) is 0 Å². The largest absolute Gasteiger partial charge is 0.309 e. The number of aromatic nitrogens is 9. The third kappa shape index (κ3) is 5.28. The minimum absolute atomic E-state index is 0.560. The Morgan fingerprint density at radius 1 is 0.464 bits per heavy atom. The molecule has 0 N–H and O–H groups in total. The molecule has 10 heteroatoms. The van der Waals surface area contributed by atoms with Crippen molar-refractivity contribution in [2.45, 2.75) is 27.7 Å². The Bertz CT molecular complexity index is 3240. The third-order valence-corrected chi connectivity index (χ3v) is 10.3. The summed E-state index contributed by atoms with van der Waals surface area (Å²) in [7, 11) is 0. The topological polar surface area (TPSA) is 124 Å². The van der Waals surface area contributed by atoms with Gasteiger partial charge in [0.1, 0.15) is 23.3 Å². The smallest absolute Gasteiger partial charge is 0.163 e. The SMILES string of the molecule is Cc1nc(C)nc(-c2ccc3c(c2)c2ccccc2n3-c2ccc(C#N)cc2-c2ccncc2-n2c3ccccc3c3cc(-c4nc(C)nc(C)n4)ccc32)n1. The molecule has 56 heavy (non-hydrogen) atoms. The van der Waals surface area contributed by atoms with Gasteiger partial charge in [-0.05, 0) is 100 Å². The molecule has 5 heterocycles. The van der Waals surface area contributed by atoms with Crippen molar-refractivity contribution in [3.63, 3.8) is 0 Å². The molecule has 10 aromatic rings. The molecule has 0 spiro atoms. The molecule has 0 aliphatic heterocycles. The van der Waals surface area contributed by atoms with Crippen LogP contribution in [0.1, 0.15) is 28.9 Å².